The van der Waals surface area contributed by atoms with Crippen LogP contribution in [-0.2, 0) is 9.53 Å². The zero-order valence-electron chi connectivity index (χ0n) is 10.4. The minimum absolute atomic E-state index is 0.230. The van der Waals surface area contributed by atoms with Crippen LogP contribution in [0.15, 0.2) is 0 Å². The van der Waals surface area contributed by atoms with Gasteiger partial charge in [0.2, 0.25) is 0 Å². The van der Waals surface area contributed by atoms with Crippen molar-refractivity contribution in [1.82, 2.24) is 4.90 Å². The molecule has 0 aromatic heterocycles. The first kappa shape index (κ1) is 13.0. The summed E-state index contributed by atoms with van der Waals surface area (Å²) in [5.41, 5.74) is -0.287. The van der Waals surface area contributed by atoms with Gasteiger partial charge in [0.1, 0.15) is 6.29 Å². The molecule has 1 heterocycles. The van der Waals surface area contributed by atoms with Crippen LogP contribution in [0.4, 0.5) is 0 Å². The van der Waals surface area contributed by atoms with E-state index in [4.69, 9.17) is 9.84 Å². The van der Waals surface area contributed by atoms with Gasteiger partial charge in [-0.05, 0) is 25.7 Å². The lowest BCUT2D eigenvalue weighted by Crippen LogP contribution is -2.48. The summed E-state index contributed by atoms with van der Waals surface area (Å²) in [6.45, 7) is 3.21. The molecule has 1 aliphatic carbocycles. The maximum Gasteiger partial charge on any atom is 0.129 e. The lowest BCUT2D eigenvalue weighted by atomic mass is 9.85. The number of aldehydes is 1. The van der Waals surface area contributed by atoms with Crippen LogP contribution in [0.2, 0.25) is 0 Å². The minimum atomic E-state index is -0.287. The second-order valence-corrected chi connectivity index (χ2v) is 5.42. The molecule has 1 saturated carbocycles. The summed E-state index contributed by atoms with van der Waals surface area (Å²) in [5.74, 6) is 0. The number of aliphatic hydroxyl groups excluding tert-OH is 1. The van der Waals surface area contributed by atoms with Crippen LogP contribution in [0, 0.1) is 5.41 Å². The molecule has 1 atom stereocenters. The third-order valence-corrected chi connectivity index (χ3v) is 4.10. The topological polar surface area (TPSA) is 49.8 Å². The lowest BCUT2D eigenvalue weighted by Gasteiger charge is -2.41. The maximum atomic E-state index is 11.3. The summed E-state index contributed by atoms with van der Waals surface area (Å²) in [5, 5.41) is 8.95. The van der Waals surface area contributed by atoms with E-state index in [0.29, 0.717) is 19.3 Å². The minimum Gasteiger partial charge on any atom is -0.396 e. The molecule has 1 aliphatic heterocycles. The fourth-order valence-electron chi connectivity index (χ4n) is 2.70. The van der Waals surface area contributed by atoms with Gasteiger partial charge in [-0.2, -0.15) is 0 Å². The van der Waals surface area contributed by atoms with Gasteiger partial charge in [-0.1, -0.05) is 6.42 Å². The Kier molecular flexibility index (Phi) is 4.54. The molecule has 0 aromatic carbocycles. The highest BCUT2D eigenvalue weighted by molar-refractivity contribution is 5.60. The van der Waals surface area contributed by atoms with Crippen LogP contribution in [0.25, 0.3) is 0 Å². The van der Waals surface area contributed by atoms with Crippen LogP contribution in [-0.4, -0.2) is 55.2 Å². The van der Waals surface area contributed by atoms with E-state index in [-0.39, 0.29) is 12.0 Å². The van der Waals surface area contributed by atoms with Crippen LogP contribution >= 0.6 is 0 Å². The van der Waals surface area contributed by atoms with Gasteiger partial charge < -0.3 is 14.6 Å². The van der Waals surface area contributed by atoms with Crippen LogP contribution < -0.4 is 0 Å². The molecule has 0 aromatic rings. The van der Waals surface area contributed by atoms with Crippen molar-refractivity contribution in [2.45, 2.75) is 38.1 Å². The van der Waals surface area contributed by atoms with E-state index in [0.717, 1.165) is 32.2 Å². The molecule has 4 heteroatoms. The van der Waals surface area contributed by atoms with Gasteiger partial charge >= 0.3 is 0 Å². The molecule has 0 radical (unpaired) electrons. The summed E-state index contributed by atoms with van der Waals surface area (Å²) >= 11 is 0. The fourth-order valence-corrected chi connectivity index (χ4v) is 2.70. The molecule has 17 heavy (non-hydrogen) atoms. The Morgan fingerprint density at radius 2 is 2.29 bits per heavy atom. The number of nitrogens with zero attached hydrogens (tertiary/aromatic N) is 1. The Morgan fingerprint density at radius 3 is 2.76 bits per heavy atom. The lowest BCUT2D eigenvalue weighted by molar-refractivity contribution is -0.118. The van der Waals surface area contributed by atoms with E-state index in [1.165, 1.54) is 19.3 Å². The molecule has 2 rings (SSSR count). The molecular formula is C13H23NO3. The average molecular weight is 241 g/mol. The quantitative estimate of drug-likeness (QED) is 0.671. The second kappa shape index (κ2) is 5.94. The maximum absolute atomic E-state index is 11.3. The monoisotopic (exact) mass is 241 g/mol. The smallest absolute Gasteiger partial charge is 0.129 e. The zero-order chi connectivity index (χ0) is 12.1. The van der Waals surface area contributed by atoms with Crippen molar-refractivity contribution in [3.63, 3.8) is 0 Å². The highest BCUT2D eigenvalue weighted by Crippen LogP contribution is 2.32. The van der Waals surface area contributed by atoms with Gasteiger partial charge in [-0.15, -0.1) is 0 Å². The van der Waals surface area contributed by atoms with E-state index in [9.17, 15) is 4.79 Å². The van der Waals surface area contributed by atoms with Crippen molar-refractivity contribution in [2.75, 3.05) is 32.9 Å². The zero-order valence-corrected chi connectivity index (χ0v) is 10.4. The van der Waals surface area contributed by atoms with Gasteiger partial charge in [0, 0.05) is 32.3 Å². The first-order valence-electron chi connectivity index (χ1n) is 6.69. The van der Waals surface area contributed by atoms with Gasteiger partial charge in [-0.3, -0.25) is 4.90 Å². The molecular weight excluding hydrogens is 218 g/mol. The van der Waals surface area contributed by atoms with Crippen LogP contribution in [0.3, 0.4) is 0 Å². The predicted octanol–water partition coefficient (Wildman–Crippen LogP) is 0.829. The standard InChI is InChI=1S/C13H23NO3/c15-7-2-6-14(12-3-1-4-12)9-13(10-16)5-8-17-11-13/h10,12,15H,1-9,11H2. The Hall–Kier alpha value is -0.450. The predicted molar refractivity (Wildman–Crippen MR) is 64.8 cm³/mol. The van der Waals surface area contributed by atoms with Crippen LogP contribution in [0.1, 0.15) is 32.1 Å². The molecule has 0 amide bonds. The fraction of sp³-hybridized carbons (Fsp3) is 0.923. The number of hydrogen-bond donors (Lipinski definition) is 1. The number of aliphatic hydroxyl groups is 1. The molecule has 4 nitrogen and oxygen atoms in total. The summed E-state index contributed by atoms with van der Waals surface area (Å²) in [7, 11) is 0. The van der Waals surface area contributed by atoms with E-state index >= 15 is 0 Å². The highest BCUT2D eigenvalue weighted by Gasteiger charge is 2.38. The van der Waals surface area contributed by atoms with Crippen LogP contribution in [0.5, 0.6) is 0 Å². The summed E-state index contributed by atoms with van der Waals surface area (Å²) in [4.78, 5) is 13.7. The number of hydrogen-bond acceptors (Lipinski definition) is 4. The Bertz CT molecular complexity index is 247. The SMILES string of the molecule is O=CC1(CN(CCCO)C2CCC2)CCOC1. The molecule has 2 aliphatic rings. The largest absolute Gasteiger partial charge is 0.396 e. The average Bonchev–Trinajstić information content (AvgIpc) is 2.73. The first-order chi connectivity index (χ1) is 8.29. The first-order valence-corrected chi connectivity index (χ1v) is 6.69. The van der Waals surface area contributed by atoms with Crippen molar-refractivity contribution in [1.29, 1.82) is 0 Å². The summed E-state index contributed by atoms with van der Waals surface area (Å²) in [6.07, 6.45) is 6.50. The van der Waals surface area contributed by atoms with E-state index in [1.807, 2.05) is 0 Å². The third-order valence-electron chi connectivity index (χ3n) is 4.10. The molecule has 1 saturated heterocycles. The van der Waals surface area contributed by atoms with E-state index < -0.39 is 0 Å². The molecule has 2 fully saturated rings. The summed E-state index contributed by atoms with van der Waals surface area (Å²) in [6, 6.07) is 0.624. The molecule has 98 valence electrons. The molecule has 0 bridgehead atoms. The van der Waals surface area contributed by atoms with Gasteiger partial charge in [0.25, 0.3) is 0 Å². The number of ether oxygens (including phenoxy) is 1. The molecule has 0 spiro atoms. The normalized spacial score (nSPS) is 29.5. The van der Waals surface area contributed by atoms with Crippen molar-refractivity contribution < 1.29 is 14.6 Å². The van der Waals surface area contributed by atoms with Gasteiger partial charge in [-0.25, -0.2) is 0 Å². The second-order valence-electron chi connectivity index (χ2n) is 5.42. The van der Waals surface area contributed by atoms with E-state index in [2.05, 4.69) is 4.90 Å². The number of carbonyl (C=O) groups excluding carboxylic acids is 1. The third kappa shape index (κ3) is 3.06. The van der Waals surface area contributed by atoms with Gasteiger partial charge in [0.15, 0.2) is 0 Å². The number of rotatable bonds is 7. The van der Waals surface area contributed by atoms with Crippen molar-refractivity contribution in [2.24, 2.45) is 5.41 Å². The van der Waals surface area contributed by atoms with E-state index in [1.54, 1.807) is 0 Å². The van der Waals surface area contributed by atoms with Crippen molar-refractivity contribution in [3.8, 4) is 0 Å². The number of carbonyl (C=O) groups is 1. The Labute approximate surface area is 103 Å². The molecule has 1 N–H and O–H groups in total. The molecule has 1 unspecified atom stereocenters. The van der Waals surface area contributed by atoms with Gasteiger partial charge in [0.05, 0.1) is 12.0 Å². The van der Waals surface area contributed by atoms with Crippen molar-refractivity contribution in [3.05, 3.63) is 0 Å². The Balaban J connectivity index is 1.92. The van der Waals surface area contributed by atoms with Crippen molar-refractivity contribution >= 4 is 6.29 Å². The Morgan fingerprint density at radius 1 is 1.47 bits per heavy atom. The highest BCUT2D eigenvalue weighted by atomic mass is 16.5. The summed E-state index contributed by atoms with van der Waals surface area (Å²) < 4.78 is 5.38.